The predicted molar refractivity (Wildman–Crippen MR) is 98.5 cm³/mol. The lowest BCUT2D eigenvalue weighted by molar-refractivity contribution is 0.112. The van der Waals surface area contributed by atoms with Crippen LogP contribution in [0.5, 0.6) is 0 Å². The molecular weight excluding hydrogens is 298 g/mol. The first kappa shape index (κ1) is 15.0. The van der Waals surface area contributed by atoms with E-state index in [2.05, 4.69) is 52.0 Å². The molecule has 0 aliphatic carbocycles. The standard InChI is InChI=1S/C20H21N3O/c1-15-6-5-9-18-19(15)17(14-24)20(22-12-10-21-11-13-22)23(18)16-7-3-2-4-8-16/h2-9,14,21H,10-13H2,1H3. The van der Waals surface area contributed by atoms with Gasteiger partial charge < -0.3 is 10.2 Å². The molecule has 4 nitrogen and oxygen atoms in total. The van der Waals surface area contributed by atoms with Crippen LogP contribution in [-0.2, 0) is 0 Å². The van der Waals surface area contributed by atoms with Crippen LogP contribution in [0.1, 0.15) is 15.9 Å². The van der Waals surface area contributed by atoms with Gasteiger partial charge in [-0.1, -0.05) is 30.3 Å². The fraction of sp³-hybridized carbons (Fsp3) is 0.250. The first-order chi connectivity index (χ1) is 11.8. The van der Waals surface area contributed by atoms with E-state index in [0.29, 0.717) is 0 Å². The van der Waals surface area contributed by atoms with Gasteiger partial charge in [-0.05, 0) is 30.7 Å². The number of nitrogens with zero attached hydrogens (tertiary/aromatic N) is 2. The summed E-state index contributed by atoms with van der Waals surface area (Å²) < 4.78 is 2.23. The lowest BCUT2D eigenvalue weighted by Crippen LogP contribution is -2.44. The molecule has 2 heterocycles. The van der Waals surface area contributed by atoms with Crippen LogP contribution in [0.15, 0.2) is 48.5 Å². The minimum absolute atomic E-state index is 0.800. The molecule has 122 valence electrons. The minimum Gasteiger partial charge on any atom is -0.355 e. The van der Waals surface area contributed by atoms with Crippen molar-refractivity contribution in [3.8, 4) is 5.69 Å². The molecule has 0 saturated carbocycles. The van der Waals surface area contributed by atoms with Gasteiger partial charge in [-0.15, -0.1) is 0 Å². The van der Waals surface area contributed by atoms with E-state index in [1.165, 1.54) is 0 Å². The molecule has 4 heteroatoms. The van der Waals surface area contributed by atoms with Crippen molar-refractivity contribution in [2.75, 3.05) is 31.1 Å². The van der Waals surface area contributed by atoms with Gasteiger partial charge in [0.2, 0.25) is 0 Å². The Labute approximate surface area is 141 Å². The van der Waals surface area contributed by atoms with Crippen molar-refractivity contribution in [2.45, 2.75) is 6.92 Å². The molecule has 1 fully saturated rings. The van der Waals surface area contributed by atoms with Gasteiger partial charge in [-0.2, -0.15) is 0 Å². The van der Waals surface area contributed by atoms with Crippen molar-refractivity contribution < 1.29 is 4.79 Å². The van der Waals surface area contributed by atoms with Crippen molar-refractivity contribution in [1.29, 1.82) is 0 Å². The van der Waals surface area contributed by atoms with Crippen LogP contribution >= 0.6 is 0 Å². The van der Waals surface area contributed by atoms with E-state index in [0.717, 1.165) is 66.0 Å². The SMILES string of the molecule is Cc1cccc2c1c(C=O)c(N1CCNCC1)n2-c1ccccc1. The summed E-state index contributed by atoms with van der Waals surface area (Å²) in [6.45, 7) is 5.76. The Hall–Kier alpha value is -2.59. The number of carbonyl (C=O) groups is 1. The van der Waals surface area contributed by atoms with Gasteiger partial charge in [0, 0.05) is 37.3 Å². The largest absolute Gasteiger partial charge is 0.355 e. The van der Waals surface area contributed by atoms with Gasteiger partial charge in [0.05, 0.1) is 11.1 Å². The molecule has 2 aromatic carbocycles. The Kier molecular flexibility index (Phi) is 3.82. The Morgan fingerprint density at radius 3 is 2.46 bits per heavy atom. The van der Waals surface area contributed by atoms with Crippen molar-refractivity contribution in [3.63, 3.8) is 0 Å². The fourth-order valence-electron chi connectivity index (χ4n) is 3.67. The number of nitrogens with one attached hydrogen (secondary N) is 1. The second kappa shape index (κ2) is 6.13. The van der Waals surface area contributed by atoms with E-state index in [-0.39, 0.29) is 0 Å². The maximum absolute atomic E-state index is 12.0. The molecule has 24 heavy (non-hydrogen) atoms. The molecule has 0 amide bonds. The number of piperazine rings is 1. The summed E-state index contributed by atoms with van der Waals surface area (Å²) in [5.74, 6) is 1.02. The molecule has 1 N–H and O–H groups in total. The number of aryl methyl sites for hydroxylation is 1. The third-order valence-electron chi connectivity index (χ3n) is 4.76. The van der Waals surface area contributed by atoms with Crippen LogP contribution in [0.4, 0.5) is 5.82 Å². The number of anilines is 1. The van der Waals surface area contributed by atoms with Gasteiger partial charge in [-0.3, -0.25) is 9.36 Å². The van der Waals surface area contributed by atoms with E-state index in [9.17, 15) is 4.79 Å². The lowest BCUT2D eigenvalue weighted by atomic mass is 10.1. The number of aldehydes is 1. The Morgan fingerprint density at radius 1 is 1.00 bits per heavy atom. The maximum Gasteiger partial charge on any atom is 0.154 e. The van der Waals surface area contributed by atoms with Crippen LogP contribution in [0.2, 0.25) is 0 Å². The smallest absolute Gasteiger partial charge is 0.154 e. The van der Waals surface area contributed by atoms with Crippen LogP contribution in [0.3, 0.4) is 0 Å². The van der Waals surface area contributed by atoms with E-state index >= 15 is 0 Å². The highest BCUT2D eigenvalue weighted by molar-refractivity contribution is 6.06. The number of hydrogen-bond donors (Lipinski definition) is 1. The van der Waals surface area contributed by atoms with Crippen molar-refractivity contribution >= 4 is 23.0 Å². The highest BCUT2D eigenvalue weighted by atomic mass is 16.1. The quantitative estimate of drug-likeness (QED) is 0.754. The molecule has 0 bridgehead atoms. The zero-order chi connectivity index (χ0) is 16.5. The van der Waals surface area contributed by atoms with Gasteiger partial charge in [0.15, 0.2) is 6.29 Å². The minimum atomic E-state index is 0.800. The van der Waals surface area contributed by atoms with Crippen molar-refractivity contribution in [2.24, 2.45) is 0 Å². The summed E-state index contributed by atoms with van der Waals surface area (Å²) in [6.07, 6.45) is 1.02. The molecule has 0 atom stereocenters. The summed E-state index contributed by atoms with van der Waals surface area (Å²) in [7, 11) is 0. The number of rotatable bonds is 3. The lowest BCUT2D eigenvalue weighted by Gasteiger charge is -2.31. The van der Waals surface area contributed by atoms with E-state index in [1.54, 1.807) is 0 Å². The third-order valence-corrected chi connectivity index (χ3v) is 4.76. The monoisotopic (exact) mass is 319 g/mol. The summed E-state index contributed by atoms with van der Waals surface area (Å²) >= 11 is 0. The molecule has 1 aliphatic rings. The molecule has 1 aromatic heterocycles. The van der Waals surface area contributed by atoms with Gasteiger partial charge in [0.1, 0.15) is 5.82 Å². The Balaban J connectivity index is 2.07. The zero-order valence-electron chi connectivity index (χ0n) is 13.8. The molecule has 1 saturated heterocycles. The fourth-order valence-corrected chi connectivity index (χ4v) is 3.67. The molecule has 0 radical (unpaired) electrons. The second-order valence-electron chi connectivity index (χ2n) is 6.23. The highest BCUT2D eigenvalue weighted by Crippen LogP contribution is 2.36. The number of benzene rings is 2. The summed E-state index contributed by atoms with van der Waals surface area (Å²) in [6, 6.07) is 16.5. The maximum atomic E-state index is 12.0. The zero-order valence-corrected chi connectivity index (χ0v) is 13.8. The average Bonchev–Trinajstić information content (AvgIpc) is 2.99. The number of carbonyl (C=O) groups excluding carboxylic acids is 1. The van der Waals surface area contributed by atoms with Crippen LogP contribution in [-0.4, -0.2) is 37.0 Å². The highest BCUT2D eigenvalue weighted by Gasteiger charge is 2.24. The number of aromatic nitrogens is 1. The first-order valence-electron chi connectivity index (χ1n) is 8.41. The molecule has 0 spiro atoms. The molecule has 0 unspecified atom stereocenters. The van der Waals surface area contributed by atoms with E-state index in [4.69, 9.17) is 0 Å². The van der Waals surface area contributed by atoms with Crippen LogP contribution in [0.25, 0.3) is 16.6 Å². The van der Waals surface area contributed by atoms with Gasteiger partial charge in [0.25, 0.3) is 0 Å². The topological polar surface area (TPSA) is 37.3 Å². The van der Waals surface area contributed by atoms with Gasteiger partial charge >= 0.3 is 0 Å². The van der Waals surface area contributed by atoms with E-state index in [1.807, 2.05) is 18.2 Å². The van der Waals surface area contributed by atoms with Crippen molar-refractivity contribution in [3.05, 3.63) is 59.7 Å². The number of para-hydroxylation sites is 1. The first-order valence-corrected chi connectivity index (χ1v) is 8.41. The second-order valence-corrected chi connectivity index (χ2v) is 6.23. The summed E-state index contributed by atoms with van der Waals surface area (Å²) in [4.78, 5) is 14.4. The molecule has 1 aliphatic heterocycles. The Morgan fingerprint density at radius 2 is 1.75 bits per heavy atom. The predicted octanol–water partition coefficient (Wildman–Crippen LogP) is 3.16. The van der Waals surface area contributed by atoms with Gasteiger partial charge in [-0.25, -0.2) is 0 Å². The third kappa shape index (κ3) is 2.31. The molecule has 3 aromatic rings. The van der Waals surface area contributed by atoms with Crippen LogP contribution in [0, 0.1) is 6.92 Å². The Bertz CT molecular complexity index is 877. The van der Waals surface area contributed by atoms with E-state index < -0.39 is 0 Å². The summed E-state index contributed by atoms with van der Waals surface area (Å²) in [5.41, 5.74) is 4.13. The van der Waals surface area contributed by atoms with Crippen molar-refractivity contribution in [1.82, 2.24) is 9.88 Å². The van der Waals surface area contributed by atoms with Crippen LogP contribution < -0.4 is 10.2 Å². The normalized spacial score (nSPS) is 15.0. The molecular formula is C20H21N3O. The summed E-state index contributed by atoms with van der Waals surface area (Å²) in [5, 5.41) is 4.45. The number of hydrogen-bond acceptors (Lipinski definition) is 3. The molecule has 4 rings (SSSR count). The number of fused-ring (bicyclic) bond motifs is 1. The average molecular weight is 319 g/mol.